The van der Waals surface area contributed by atoms with E-state index in [1.54, 1.807) is 11.6 Å². The number of aromatic amines is 1. The van der Waals surface area contributed by atoms with Crippen molar-refractivity contribution in [3.05, 3.63) is 56.2 Å². The minimum absolute atomic E-state index is 0.0551. The Bertz CT molecular complexity index is 1080. The van der Waals surface area contributed by atoms with Gasteiger partial charge < -0.3 is 9.30 Å². The molecule has 0 atom stereocenters. The van der Waals surface area contributed by atoms with Crippen LogP contribution in [-0.4, -0.2) is 37.9 Å². The first kappa shape index (κ1) is 18.0. The molecule has 0 aliphatic carbocycles. The maximum absolute atomic E-state index is 12.4. The Balaban J connectivity index is 2.14. The van der Waals surface area contributed by atoms with E-state index in [0.717, 1.165) is 22.9 Å². The summed E-state index contributed by atoms with van der Waals surface area (Å²) in [6.07, 6.45) is 0. The van der Waals surface area contributed by atoms with Crippen LogP contribution in [0.3, 0.4) is 0 Å². The molecule has 0 fully saturated rings. The summed E-state index contributed by atoms with van der Waals surface area (Å²) in [6.45, 7) is 2.39. The summed E-state index contributed by atoms with van der Waals surface area (Å²) in [7, 11) is 2.85. The molecule has 0 saturated carbocycles. The van der Waals surface area contributed by atoms with E-state index in [1.165, 1.54) is 11.7 Å². The number of aromatic nitrogens is 4. The zero-order valence-electron chi connectivity index (χ0n) is 14.6. The van der Waals surface area contributed by atoms with Crippen molar-refractivity contribution in [2.45, 2.75) is 18.6 Å². The molecule has 1 N–H and O–H groups in total. The number of carbonyl (C=O) groups is 1. The minimum Gasteiger partial charge on any atom is -0.468 e. The molecule has 8 nitrogen and oxygen atoms in total. The smallest absolute Gasteiger partial charge is 0.329 e. The van der Waals surface area contributed by atoms with E-state index in [4.69, 9.17) is 0 Å². The number of rotatable bonds is 5. The lowest BCUT2D eigenvalue weighted by Crippen LogP contribution is -2.29. The summed E-state index contributed by atoms with van der Waals surface area (Å²) in [5.74, 6) is -0.341. The summed E-state index contributed by atoms with van der Waals surface area (Å²) in [5, 5.41) is 0.470. The Labute approximate surface area is 152 Å². The third-order valence-electron chi connectivity index (χ3n) is 3.98. The molecule has 136 valence electrons. The van der Waals surface area contributed by atoms with Gasteiger partial charge in [0.05, 0.1) is 19.4 Å². The predicted molar refractivity (Wildman–Crippen MR) is 98.6 cm³/mol. The molecule has 0 unspecified atom stereocenters. The normalized spacial score (nSPS) is 11.0. The van der Waals surface area contributed by atoms with Gasteiger partial charge >= 0.3 is 11.7 Å². The maximum atomic E-state index is 12.4. The van der Waals surface area contributed by atoms with Crippen molar-refractivity contribution in [3.8, 4) is 0 Å². The molecule has 0 bridgehead atoms. The first-order valence-electron chi connectivity index (χ1n) is 7.85. The molecule has 2 aromatic heterocycles. The van der Waals surface area contributed by atoms with Crippen molar-refractivity contribution in [3.63, 3.8) is 0 Å². The van der Waals surface area contributed by atoms with E-state index in [9.17, 15) is 14.4 Å². The molecule has 26 heavy (non-hydrogen) atoms. The Kier molecular flexibility index (Phi) is 4.99. The third-order valence-corrected chi connectivity index (χ3v) is 4.93. The number of nitrogens with zero attached hydrogens (tertiary/aromatic N) is 3. The van der Waals surface area contributed by atoms with Crippen LogP contribution in [0, 0.1) is 6.92 Å². The highest BCUT2D eigenvalue weighted by Gasteiger charge is 2.19. The fraction of sp³-hybridized carbons (Fsp3) is 0.294. The van der Waals surface area contributed by atoms with E-state index in [0.29, 0.717) is 17.2 Å². The molecule has 3 aromatic rings. The molecule has 0 aliphatic rings. The molecule has 9 heteroatoms. The number of nitrogens with one attached hydrogen (secondary N) is 1. The van der Waals surface area contributed by atoms with Crippen molar-refractivity contribution in [1.82, 2.24) is 19.1 Å². The van der Waals surface area contributed by atoms with Gasteiger partial charge in [-0.2, -0.15) is 0 Å². The highest BCUT2D eigenvalue weighted by molar-refractivity contribution is 7.99. The predicted octanol–water partition coefficient (Wildman–Crippen LogP) is 1.05. The molecule has 0 amide bonds. The zero-order valence-corrected chi connectivity index (χ0v) is 15.4. The van der Waals surface area contributed by atoms with Crippen LogP contribution in [0.2, 0.25) is 0 Å². The summed E-state index contributed by atoms with van der Waals surface area (Å²) < 4.78 is 7.66. The number of esters is 1. The van der Waals surface area contributed by atoms with E-state index in [2.05, 4.69) is 14.7 Å². The van der Waals surface area contributed by atoms with Crippen LogP contribution < -0.4 is 11.2 Å². The summed E-state index contributed by atoms with van der Waals surface area (Å²) >= 11 is 1.16. The number of ether oxygens (including phenoxy) is 1. The van der Waals surface area contributed by atoms with Gasteiger partial charge in [0.25, 0.3) is 5.56 Å². The number of hydrogen-bond acceptors (Lipinski definition) is 6. The van der Waals surface area contributed by atoms with E-state index >= 15 is 0 Å². The number of hydrogen-bond donors (Lipinski definition) is 1. The van der Waals surface area contributed by atoms with Crippen LogP contribution in [0.5, 0.6) is 0 Å². The Morgan fingerprint density at radius 3 is 2.62 bits per heavy atom. The topological polar surface area (TPSA) is 99.0 Å². The molecule has 0 spiro atoms. The largest absolute Gasteiger partial charge is 0.468 e. The average Bonchev–Trinajstić information content (AvgIpc) is 2.98. The Hall–Kier alpha value is -2.81. The number of methoxy groups -OCH3 is 1. The number of H-pyrrole nitrogens is 1. The van der Waals surface area contributed by atoms with Crippen LogP contribution >= 0.6 is 11.8 Å². The molecule has 3 rings (SSSR count). The van der Waals surface area contributed by atoms with Crippen LogP contribution in [0.1, 0.15) is 11.1 Å². The van der Waals surface area contributed by atoms with Gasteiger partial charge in [-0.1, -0.05) is 41.6 Å². The van der Waals surface area contributed by atoms with Gasteiger partial charge in [-0.3, -0.25) is 19.1 Å². The monoisotopic (exact) mass is 374 g/mol. The lowest BCUT2D eigenvalue weighted by molar-refractivity contribution is -0.137. The summed E-state index contributed by atoms with van der Waals surface area (Å²) in [5.41, 5.74) is 1.63. The minimum atomic E-state index is -0.535. The zero-order chi connectivity index (χ0) is 18.8. The molecular weight excluding hydrogens is 356 g/mol. The summed E-state index contributed by atoms with van der Waals surface area (Å²) in [4.78, 5) is 42.5. The van der Waals surface area contributed by atoms with Crippen molar-refractivity contribution < 1.29 is 9.53 Å². The first-order valence-corrected chi connectivity index (χ1v) is 8.84. The SMILES string of the molecule is COC(=O)CSc1nc2c(c(=O)[nH]c(=O)n2C)n1Cc1ccc(C)cc1. The highest BCUT2D eigenvalue weighted by Crippen LogP contribution is 2.23. The molecular formula is C17H18N4O4S. The Morgan fingerprint density at radius 2 is 1.96 bits per heavy atom. The fourth-order valence-electron chi connectivity index (χ4n) is 2.53. The number of imidazole rings is 1. The summed E-state index contributed by atoms with van der Waals surface area (Å²) in [6, 6.07) is 7.89. The number of thioether (sulfide) groups is 1. The molecule has 0 radical (unpaired) electrons. The quantitative estimate of drug-likeness (QED) is 0.529. The van der Waals surface area contributed by atoms with Gasteiger partial charge in [-0.05, 0) is 12.5 Å². The number of fused-ring (bicyclic) bond motifs is 1. The second kappa shape index (κ2) is 7.20. The van der Waals surface area contributed by atoms with Crippen molar-refractivity contribution >= 4 is 28.9 Å². The molecule has 1 aromatic carbocycles. The molecule has 2 heterocycles. The third kappa shape index (κ3) is 3.43. The fourth-order valence-corrected chi connectivity index (χ4v) is 3.36. The van der Waals surface area contributed by atoms with Gasteiger partial charge in [-0.15, -0.1) is 0 Å². The highest BCUT2D eigenvalue weighted by atomic mass is 32.2. The van der Waals surface area contributed by atoms with E-state index < -0.39 is 17.2 Å². The van der Waals surface area contributed by atoms with Gasteiger partial charge in [0.2, 0.25) is 0 Å². The second-order valence-electron chi connectivity index (χ2n) is 5.82. The number of carbonyl (C=O) groups excluding carboxylic acids is 1. The van der Waals surface area contributed by atoms with Crippen LogP contribution in [0.4, 0.5) is 0 Å². The maximum Gasteiger partial charge on any atom is 0.329 e. The van der Waals surface area contributed by atoms with Gasteiger partial charge in [-0.25, -0.2) is 9.78 Å². The van der Waals surface area contributed by atoms with Gasteiger partial charge in [0.15, 0.2) is 16.3 Å². The van der Waals surface area contributed by atoms with Crippen LogP contribution in [0.25, 0.3) is 11.2 Å². The van der Waals surface area contributed by atoms with Gasteiger partial charge in [0.1, 0.15) is 0 Å². The lowest BCUT2D eigenvalue weighted by atomic mass is 10.1. The average molecular weight is 374 g/mol. The van der Waals surface area contributed by atoms with Crippen molar-refractivity contribution in [1.29, 1.82) is 0 Å². The van der Waals surface area contributed by atoms with Crippen molar-refractivity contribution in [2.24, 2.45) is 7.05 Å². The second-order valence-corrected chi connectivity index (χ2v) is 6.76. The lowest BCUT2D eigenvalue weighted by Gasteiger charge is -2.09. The van der Waals surface area contributed by atoms with Crippen LogP contribution in [-0.2, 0) is 23.1 Å². The Morgan fingerprint density at radius 1 is 1.27 bits per heavy atom. The van der Waals surface area contributed by atoms with E-state index in [1.807, 2.05) is 31.2 Å². The number of aryl methyl sites for hydroxylation is 2. The number of benzene rings is 1. The molecule has 0 saturated heterocycles. The molecule has 0 aliphatic heterocycles. The standard InChI is InChI=1S/C17H18N4O4S/c1-10-4-6-11(7-5-10)8-21-13-14(20(2)16(24)19-15(13)23)18-17(21)26-9-12(22)25-3/h4-7H,8-9H2,1-3H3,(H,19,23,24). The van der Waals surface area contributed by atoms with Crippen molar-refractivity contribution in [2.75, 3.05) is 12.9 Å². The van der Waals surface area contributed by atoms with Gasteiger partial charge in [0, 0.05) is 7.05 Å². The van der Waals surface area contributed by atoms with Crippen LogP contribution in [0.15, 0.2) is 39.0 Å². The first-order chi connectivity index (χ1) is 12.4. The van der Waals surface area contributed by atoms with E-state index in [-0.39, 0.29) is 11.4 Å².